The number of fused-ring (bicyclic) bond motifs is 1. The molecule has 5 aromatic rings. The van der Waals surface area contributed by atoms with Crippen LogP contribution in [-0.4, -0.2) is 64.5 Å². The first kappa shape index (κ1) is 32.8. The molecule has 0 bridgehead atoms. The summed E-state index contributed by atoms with van der Waals surface area (Å²) in [4.78, 5) is 30.3. The molecule has 47 heavy (non-hydrogen) atoms. The normalized spacial score (nSPS) is 13.6. The number of rotatable bonds is 10. The minimum atomic E-state index is -4.09. The average Bonchev–Trinajstić information content (AvgIpc) is 3.67. The first-order valence-corrected chi connectivity index (χ1v) is 18.4. The lowest BCUT2D eigenvalue weighted by molar-refractivity contribution is 0.0491. The summed E-state index contributed by atoms with van der Waals surface area (Å²) in [7, 11) is -4.09. The van der Waals surface area contributed by atoms with Crippen molar-refractivity contribution in [3.63, 3.8) is 0 Å². The van der Waals surface area contributed by atoms with Crippen molar-refractivity contribution in [2.45, 2.75) is 25.2 Å². The Bertz CT molecular complexity index is 2020. The van der Waals surface area contributed by atoms with Gasteiger partial charge in [-0.25, -0.2) is 13.2 Å². The minimum absolute atomic E-state index is 0.00301. The Kier molecular flexibility index (Phi) is 9.72. The highest BCUT2D eigenvalue weighted by atomic mass is 79.9. The summed E-state index contributed by atoms with van der Waals surface area (Å²) in [5.74, 6) is -0.530. The molecule has 0 spiro atoms. The van der Waals surface area contributed by atoms with Gasteiger partial charge in [-0.05, 0) is 84.2 Å². The topological polar surface area (TPSA) is 100 Å². The van der Waals surface area contributed by atoms with Crippen LogP contribution in [0.25, 0.3) is 11.0 Å². The van der Waals surface area contributed by atoms with E-state index in [1.807, 2.05) is 71.6 Å². The molecule has 1 aliphatic rings. The maximum Gasteiger partial charge on any atom is 0.374 e. The van der Waals surface area contributed by atoms with Gasteiger partial charge in [-0.1, -0.05) is 42.5 Å². The predicted molar refractivity (Wildman–Crippen MR) is 188 cm³/mol. The van der Waals surface area contributed by atoms with Crippen LogP contribution in [0, 0.1) is 6.92 Å². The van der Waals surface area contributed by atoms with Gasteiger partial charge in [-0.2, -0.15) is 0 Å². The van der Waals surface area contributed by atoms with Crippen LogP contribution in [0.4, 0.5) is 11.4 Å². The Labute approximate surface area is 286 Å². The van der Waals surface area contributed by atoms with Crippen molar-refractivity contribution in [2.75, 3.05) is 48.5 Å². The molecule has 0 N–H and O–H groups in total. The molecule has 0 aliphatic carbocycles. The van der Waals surface area contributed by atoms with Crippen LogP contribution in [0.3, 0.4) is 0 Å². The molecule has 12 heteroatoms. The molecule has 1 amide bonds. The standard InChI is InChI=1S/C35H34BrN3O6S2/c1-3-44-35(41)33-24(2)27-23-26(13-14-30(27)45-33)47(42,43)39(18-17-25-9-5-4-6-10-25)29-12-8-7-11-28(29)37-19-21-38(22-20-37)34(40)31-15-16-32(36)46-31/h4-16,23H,3,17-22H2,1-2H3. The minimum Gasteiger partial charge on any atom is -0.460 e. The number of hydrogen-bond donors (Lipinski definition) is 0. The van der Waals surface area contributed by atoms with Crippen LogP contribution in [0.1, 0.15) is 38.3 Å². The second-order valence-electron chi connectivity index (χ2n) is 11.1. The van der Waals surface area contributed by atoms with Crippen LogP contribution in [0.2, 0.25) is 0 Å². The number of para-hydroxylation sites is 2. The average molecular weight is 737 g/mol. The quantitative estimate of drug-likeness (QED) is 0.141. The molecule has 3 aromatic carbocycles. The van der Waals surface area contributed by atoms with Gasteiger partial charge in [0.1, 0.15) is 5.58 Å². The van der Waals surface area contributed by atoms with E-state index in [0.29, 0.717) is 59.7 Å². The molecule has 1 saturated heterocycles. The van der Waals surface area contributed by atoms with Crippen LogP contribution in [-0.2, 0) is 21.2 Å². The molecular formula is C35H34BrN3O6S2. The lowest BCUT2D eigenvalue weighted by Crippen LogP contribution is -2.49. The number of benzene rings is 3. The lowest BCUT2D eigenvalue weighted by Gasteiger charge is -2.38. The van der Waals surface area contributed by atoms with E-state index < -0.39 is 16.0 Å². The van der Waals surface area contributed by atoms with Crippen LogP contribution in [0.15, 0.2) is 98.0 Å². The van der Waals surface area contributed by atoms with Crippen molar-refractivity contribution < 1.29 is 27.2 Å². The molecule has 244 valence electrons. The number of ether oxygens (including phenoxy) is 1. The molecule has 9 nitrogen and oxygen atoms in total. The highest BCUT2D eigenvalue weighted by Crippen LogP contribution is 2.36. The fourth-order valence-electron chi connectivity index (χ4n) is 5.80. The van der Waals surface area contributed by atoms with Gasteiger partial charge in [0.15, 0.2) is 0 Å². The zero-order chi connectivity index (χ0) is 33.1. The second kappa shape index (κ2) is 13.9. The summed E-state index contributed by atoms with van der Waals surface area (Å²) < 4.78 is 42.5. The van der Waals surface area contributed by atoms with Gasteiger partial charge in [-0.3, -0.25) is 9.10 Å². The molecule has 3 heterocycles. The Balaban J connectivity index is 1.33. The molecule has 0 unspecified atom stereocenters. The van der Waals surface area contributed by atoms with Crippen molar-refractivity contribution in [2.24, 2.45) is 0 Å². The number of aryl methyl sites for hydroxylation is 1. The number of nitrogens with zero attached hydrogens (tertiary/aromatic N) is 3. The van der Waals surface area contributed by atoms with Gasteiger partial charge in [-0.15, -0.1) is 11.3 Å². The van der Waals surface area contributed by atoms with Crippen LogP contribution >= 0.6 is 27.3 Å². The maximum absolute atomic E-state index is 14.6. The van der Waals surface area contributed by atoms with Gasteiger partial charge >= 0.3 is 5.97 Å². The van der Waals surface area contributed by atoms with Crippen molar-refractivity contribution in [3.05, 3.63) is 110 Å². The number of halogens is 1. The van der Waals surface area contributed by atoms with Crippen molar-refractivity contribution in [1.29, 1.82) is 0 Å². The maximum atomic E-state index is 14.6. The van der Waals surface area contributed by atoms with E-state index in [-0.39, 0.29) is 29.7 Å². The number of anilines is 2. The highest BCUT2D eigenvalue weighted by molar-refractivity contribution is 9.11. The third-order valence-electron chi connectivity index (χ3n) is 8.24. The van der Waals surface area contributed by atoms with E-state index >= 15 is 0 Å². The molecule has 1 aliphatic heterocycles. The molecule has 2 aromatic heterocycles. The number of piperazine rings is 1. The number of esters is 1. The molecule has 0 atom stereocenters. The van der Waals surface area contributed by atoms with Gasteiger partial charge in [0, 0.05) is 43.7 Å². The predicted octanol–water partition coefficient (Wildman–Crippen LogP) is 7.14. The third-order valence-corrected chi connectivity index (χ3v) is 11.7. The first-order valence-electron chi connectivity index (χ1n) is 15.3. The fraction of sp³-hybridized carbons (Fsp3) is 0.257. The summed E-state index contributed by atoms with van der Waals surface area (Å²) in [6.07, 6.45) is 0.493. The first-order chi connectivity index (χ1) is 22.7. The lowest BCUT2D eigenvalue weighted by atomic mass is 10.1. The van der Waals surface area contributed by atoms with Crippen LogP contribution in [0.5, 0.6) is 0 Å². The largest absolute Gasteiger partial charge is 0.460 e. The third kappa shape index (κ3) is 6.81. The van der Waals surface area contributed by atoms with E-state index in [1.54, 1.807) is 26.0 Å². The summed E-state index contributed by atoms with van der Waals surface area (Å²) in [6, 6.07) is 25.7. The Hall–Kier alpha value is -4.13. The number of thiophene rings is 1. The fourth-order valence-corrected chi connectivity index (χ4v) is 8.66. The SMILES string of the molecule is CCOC(=O)c1oc2ccc(S(=O)(=O)N(CCc3ccccc3)c3ccccc3N3CCN(C(=O)c4ccc(Br)s4)CC3)cc2c1C. The van der Waals surface area contributed by atoms with Gasteiger partial charge in [0.2, 0.25) is 5.76 Å². The Morgan fingerprint density at radius 3 is 2.38 bits per heavy atom. The van der Waals surface area contributed by atoms with E-state index in [9.17, 15) is 18.0 Å². The number of hydrogen-bond acceptors (Lipinski definition) is 8. The van der Waals surface area contributed by atoms with E-state index in [0.717, 1.165) is 15.0 Å². The number of sulfonamides is 1. The summed E-state index contributed by atoms with van der Waals surface area (Å²) in [5.41, 5.74) is 3.27. The summed E-state index contributed by atoms with van der Waals surface area (Å²) >= 11 is 4.85. The van der Waals surface area contributed by atoms with Gasteiger partial charge < -0.3 is 19.0 Å². The van der Waals surface area contributed by atoms with Crippen molar-refractivity contribution >= 4 is 71.5 Å². The molecule has 1 fully saturated rings. The molecule has 0 radical (unpaired) electrons. The van der Waals surface area contributed by atoms with Crippen LogP contribution < -0.4 is 9.21 Å². The Morgan fingerprint density at radius 2 is 1.68 bits per heavy atom. The number of amides is 1. The number of carbonyl (C=O) groups is 2. The van der Waals surface area contributed by atoms with E-state index in [4.69, 9.17) is 9.15 Å². The van der Waals surface area contributed by atoms with Gasteiger partial charge in [0.05, 0.1) is 31.5 Å². The summed E-state index contributed by atoms with van der Waals surface area (Å²) in [5, 5.41) is 0.531. The molecule has 0 saturated carbocycles. The monoisotopic (exact) mass is 735 g/mol. The smallest absolute Gasteiger partial charge is 0.374 e. The molecular weight excluding hydrogens is 702 g/mol. The second-order valence-corrected chi connectivity index (χ2v) is 15.4. The zero-order valence-corrected chi connectivity index (χ0v) is 29.2. The zero-order valence-electron chi connectivity index (χ0n) is 26.0. The van der Waals surface area contributed by atoms with Crippen molar-refractivity contribution in [1.82, 2.24) is 4.90 Å². The van der Waals surface area contributed by atoms with Crippen molar-refractivity contribution in [3.8, 4) is 0 Å². The summed E-state index contributed by atoms with van der Waals surface area (Å²) in [6.45, 7) is 5.97. The highest BCUT2D eigenvalue weighted by Gasteiger charge is 2.31. The van der Waals surface area contributed by atoms with E-state index in [1.165, 1.54) is 21.7 Å². The number of carbonyl (C=O) groups excluding carboxylic acids is 2. The number of furan rings is 1. The molecule has 6 rings (SSSR count). The van der Waals surface area contributed by atoms with Gasteiger partial charge in [0.25, 0.3) is 15.9 Å². The Morgan fingerprint density at radius 1 is 0.957 bits per heavy atom. The van der Waals surface area contributed by atoms with E-state index in [2.05, 4.69) is 20.8 Å².